The molecule has 2 aromatic heterocycles. The van der Waals surface area contributed by atoms with Crippen LogP contribution in [0.5, 0.6) is 0 Å². The highest BCUT2D eigenvalue weighted by Crippen LogP contribution is 2.27. The molecule has 2 aromatic carbocycles. The summed E-state index contributed by atoms with van der Waals surface area (Å²) >= 11 is 6.92. The zero-order chi connectivity index (χ0) is 25.0. The number of aryl methyl sites for hydroxylation is 1. The van der Waals surface area contributed by atoms with Crippen LogP contribution < -0.4 is 15.4 Å². The summed E-state index contributed by atoms with van der Waals surface area (Å²) in [6, 6.07) is 8.68. The van der Waals surface area contributed by atoms with E-state index < -0.39 is 26.6 Å². The second kappa shape index (κ2) is 10.6. The van der Waals surface area contributed by atoms with Crippen LogP contribution in [0.1, 0.15) is 11.1 Å². The van der Waals surface area contributed by atoms with Gasteiger partial charge in [0.15, 0.2) is 0 Å². The molecule has 13 heteroatoms. The summed E-state index contributed by atoms with van der Waals surface area (Å²) in [6.07, 6.45) is 5.17. The Morgan fingerprint density at radius 3 is 2.63 bits per heavy atom. The third-order valence-corrected chi connectivity index (χ3v) is 7.32. The van der Waals surface area contributed by atoms with Gasteiger partial charge in [-0.25, -0.2) is 22.2 Å². The van der Waals surface area contributed by atoms with E-state index in [0.29, 0.717) is 17.6 Å². The monoisotopic (exact) mass is 538 g/mol. The van der Waals surface area contributed by atoms with E-state index in [2.05, 4.69) is 29.3 Å². The number of anilines is 3. The number of aromatic nitrogens is 3. The molecule has 0 radical (unpaired) electrons. The van der Waals surface area contributed by atoms with Gasteiger partial charge in [0.1, 0.15) is 22.9 Å². The summed E-state index contributed by atoms with van der Waals surface area (Å²) in [5.41, 5.74) is 2.51. The van der Waals surface area contributed by atoms with E-state index in [1.165, 1.54) is 5.56 Å². The van der Waals surface area contributed by atoms with Crippen LogP contribution in [0.15, 0.2) is 60.0 Å². The first-order valence-electron chi connectivity index (χ1n) is 10.4. The van der Waals surface area contributed by atoms with Crippen molar-refractivity contribution in [3.8, 4) is 0 Å². The molecule has 0 atom stereocenters. The van der Waals surface area contributed by atoms with Crippen LogP contribution in [0.25, 0.3) is 0 Å². The highest BCUT2D eigenvalue weighted by molar-refractivity contribution is 7.93. The summed E-state index contributed by atoms with van der Waals surface area (Å²) in [5.74, 6) is -2.03. The third kappa shape index (κ3) is 6.27. The fourth-order valence-corrected chi connectivity index (χ4v) is 5.24. The minimum absolute atomic E-state index is 0.0540. The number of nitrogens with zero attached hydrogens (tertiary/aromatic N) is 3. The van der Waals surface area contributed by atoms with Crippen LogP contribution in [0.4, 0.5) is 25.3 Å². The molecule has 4 aromatic rings. The number of benzene rings is 2. The quantitative estimate of drug-likeness (QED) is 0.259. The zero-order valence-electron chi connectivity index (χ0n) is 18.4. The van der Waals surface area contributed by atoms with Crippen molar-refractivity contribution in [2.75, 3.05) is 21.9 Å². The minimum Gasteiger partial charge on any atom is -0.383 e. The first kappa shape index (κ1) is 24.9. The second-order valence-electron chi connectivity index (χ2n) is 7.62. The Bertz CT molecular complexity index is 1430. The van der Waals surface area contributed by atoms with Gasteiger partial charge in [0, 0.05) is 60.3 Å². The van der Waals surface area contributed by atoms with Crippen molar-refractivity contribution in [1.29, 1.82) is 0 Å². The molecule has 0 aliphatic rings. The smallest absolute Gasteiger partial charge is 0.266 e. The first-order chi connectivity index (χ1) is 16.7. The van der Waals surface area contributed by atoms with Crippen LogP contribution in [0.2, 0.25) is 5.02 Å². The van der Waals surface area contributed by atoms with Gasteiger partial charge in [-0.15, -0.1) is 0 Å². The van der Waals surface area contributed by atoms with E-state index in [4.69, 9.17) is 11.6 Å². The molecule has 0 bridgehead atoms. The summed E-state index contributed by atoms with van der Waals surface area (Å²) in [4.78, 5) is 2.86. The number of nitrogens with one attached hydrogen (secondary N) is 3. The maximum Gasteiger partial charge on any atom is 0.266 e. The summed E-state index contributed by atoms with van der Waals surface area (Å²) in [7, 11) is -4.37. The van der Waals surface area contributed by atoms with Crippen LogP contribution >= 0.6 is 23.1 Å². The molecule has 35 heavy (non-hydrogen) atoms. The number of hydrogen-bond donors (Lipinski definition) is 3. The van der Waals surface area contributed by atoms with E-state index in [1.54, 1.807) is 18.2 Å². The average Bonchev–Trinajstić information content (AvgIpc) is 3.46. The van der Waals surface area contributed by atoms with E-state index in [-0.39, 0.29) is 17.4 Å². The van der Waals surface area contributed by atoms with Crippen molar-refractivity contribution in [3.05, 3.63) is 82.9 Å². The SMILES string of the molecule is Cc1ccn(CCNc2cc(Cl)ccc2CNc2cc(F)c(S(=O)(=O)Nc3ncns3)cc2F)c1. The maximum atomic E-state index is 14.7. The van der Waals surface area contributed by atoms with Crippen molar-refractivity contribution < 1.29 is 17.2 Å². The predicted octanol–water partition coefficient (Wildman–Crippen LogP) is 5.10. The third-order valence-electron chi connectivity index (χ3n) is 5.02. The topological polar surface area (TPSA) is 101 Å². The van der Waals surface area contributed by atoms with Gasteiger partial charge in [-0.1, -0.05) is 17.7 Å². The summed E-state index contributed by atoms with van der Waals surface area (Å²) in [5, 5.41) is 6.62. The summed E-state index contributed by atoms with van der Waals surface area (Å²) < 4.78 is 62.0. The van der Waals surface area contributed by atoms with Gasteiger partial charge in [0.25, 0.3) is 10.0 Å². The second-order valence-corrected chi connectivity index (χ2v) is 10.5. The predicted molar refractivity (Wildman–Crippen MR) is 134 cm³/mol. The van der Waals surface area contributed by atoms with Gasteiger partial charge >= 0.3 is 0 Å². The molecular formula is C22H21ClF2N6O2S2. The lowest BCUT2D eigenvalue weighted by atomic mass is 10.1. The Morgan fingerprint density at radius 2 is 1.91 bits per heavy atom. The molecule has 0 aliphatic heterocycles. The van der Waals surface area contributed by atoms with Gasteiger partial charge < -0.3 is 15.2 Å². The van der Waals surface area contributed by atoms with Crippen LogP contribution in [0.3, 0.4) is 0 Å². The van der Waals surface area contributed by atoms with Gasteiger partial charge in [0.05, 0.1) is 5.69 Å². The number of hydrogen-bond acceptors (Lipinski definition) is 7. The van der Waals surface area contributed by atoms with E-state index in [1.807, 2.05) is 25.4 Å². The Balaban J connectivity index is 1.46. The Morgan fingerprint density at radius 1 is 1.09 bits per heavy atom. The summed E-state index contributed by atoms with van der Waals surface area (Å²) in [6.45, 7) is 3.52. The van der Waals surface area contributed by atoms with E-state index in [0.717, 1.165) is 41.7 Å². The molecule has 0 spiro atoms. The Hall–Kier alpha value is -3.22. The zero-order valence-corrected chi connectivity index (χ0v) is 20.8. The highest BCUT2D eigenvalue weighted by atomic mass is 35.5. The van der Waals surface area contributed by atoms with Crippen LogP contribution in [-0.2, 0) is 23.1 Å². The minimum atomic E-state index is -4.37. The normalized spacial score (nSPS) is 11.4. The lowest BCUT2D eigenvalue weighted by Gasteiger charge is -2.15. The van der Waals surface area contributed by atoms with E-state index in [9.17, 15) is 17.2 Å². The number of rotatable bonds is 10. The van der Waals surface area contributed by atoms with Crippen molar-refractivity contribution >= 4 is 49.7 Å². The molecule has 0 amide bonds. The molecule has 184 valence electrons. The van der Waals surface area contributed by atoms with Gasteiger partial charge in [-0.2, -0.15) is 4.37 Å². The van der Waals surface area contributed by atoms with Crippen molar-refractivity contribution in [3.63, 3.8) is 0 Å². The average molecular weight is 539 g/mol. The molecule has 0 unspecified atom stereocenters. The lowest BCUT2D eigenvalue weighted by Crippen LogP contribution is -2.15. The van der Waals surface area contributed by atoms with Gasteiger partial charge in [-0.05, 0) is 42.3 Å². The van der Waals surface area contributed by atoms with Crippen LogP contribution in [-0.4, -0.2) is 28.9 Å². The first-order valence-corrected chi connectivity index (χ1v) is 13.0. The van der Waals surface area contributed by atoms with Crippen molar-refractivity contribution in [2.45, 2.75) is 24.9 Å². The molecule has 0 aliphatic carbocycles. The lowest BCUT2D eigenvalue weighted by molar-refractivity contribution is 0.557. The molecule has 2 heterocycles. The molecule has 8 nitrogen and oxygen atoms in total. The Labute approximate surface area is 210 Å². The standard InChI is InChI=1S/C22H21ClF2N6O2S2/c1-14-4-6-31(12-14)7-5-26-19-8-16(23)3-2-15(19)11-27-20-9-18(25)21(10-17(20)24)35(32,33)30-22-28-13-29-34-22/h2-4,6,8-10,12-13,26-27H,5,7,11H2,1H3,(H,28,29,30). The maximum absolute atomic E-state index is 14.7. The number of sulfonamides is 1. The van der Waals surface area contributed by atoms with Crippen molar-refractivity contribution in [1.82, 2.24) is 13.9 Å². The van der Waals surface area contributed by atoms with Gasteiger partial charge in [0.2, 0.25) is 5.13 Å². The molecule has 0 fully saturated rings. The van der Waals surface area contributed by atoms with Crippen LogP contribution in [0, 0.1) is 18.6 Å². The fraction of sp³-hybridized carbons (Fsp3) is 0.182. The molecule has 3 N–H and O–H groups in total. The molecule has 4 rings (SSSR count). The Kier molecular flexibility index (Phi) is 7.53. The largest absolute Gasteiger partial charge is 0.383 e. The van der Waals surface area contributed by atoms with Gasteiger partial charge in [-0.3, -0.25) is 4.72 Å². The molecular weight excluding hydrogens is 518 g/mol. The highest BCUT2D eigenvalue weighted by Gasteiger charge is 2.23. The molecule has 0 saturated heterocycles. The fourth-order valence-electron chi connectivity index (χ4n) is 3.34. The van der Waals surface area contributed by atoms with Crippen molar-refractivity contribution in [2.24, 2.45) is 0 Å². The number of halogens is 3. The molecule has 0 saturated carbocycles. The van der Waals surface area contributed by atoms with E-state index >= 15 is 0 Å².